The molecule has 1 aromatic heterocycles. The van der Waals surface area contributed by atoms with E-state index in [4.69, 9.17) is 16.3 Å². The van der Waals surface area contributed by atoms with Gasteiger partial charge in [-0.15, -0.1) is 16.7 Å². The van der Waals surface area contributed by atoms with E-state index < -0.39 is 0 Å². The zero-order valence-electron chi connectivity index (χ0n) is 7.78. The Kier molecular flexibility index (Phi) is 3.73. The first-order valence-corrected chi connectivity index (χ1v) is 6.34. The fourth-order valence-corrected chi connectivity index (χ4v) is 2.08. The Morgan fingerprint density at radius 2 is 2.25 bits per heavy atom. The van der Waals surface area contributed by atoms with Crippen LogP contribution in [0.5, 0.6) is 10.9 Å². The van der Waals surface area contributed by atoms with E-state index in [1.807, 2.05) is 0 Å². The number of rotatable bonds is 3. The van der Waals surface area contributed by atoms with Crippen LogP contribution in [0.25, 0.3) is 0 Å². The maximum absolute atomic E-state index is 13.0. The second-order valence-corrected chi connectivity index (χ2v) is 4.92. The predicted molar refractivity (Wildman–Crippen MR) is 63.6 cm³/mol. The number of nitrogens with zero attached hydrogens (tertiary/aromatic N) is 2. The number of alkyl halides is 1. The summed E-state index contributed by atoms with van der Waals surface area (Å²) in [6, 6.07) is 4.17. The van der Waals surface area contributed by atoms with Crippen LogP contribution in [-0.4, -0.2) is 10.2 Å². The minimum atomic E-state index is -0.375. The van der Waals surface area contributed by atoms with Crippen molar-refractivity contribution in [1.29, 1.82) is 0 Å². The first-order valence-electron chi connectivity index (χ1n) is 4.20. The average Bonchev–Trinajstić information content (AvgIpc) is 2.71. The lowest BCUT2D eigenvalue weighted by Crippen LogP contribution is -1.86. The van der Waals surface area contributed by atoms with Crippen molar-refractivity contribution in [3.05, 3.63) is 33.5 Å². The van der Waals surface area contributed by atoms with Gasteiger partial charge in [-0.3, -0.25) is 0 Å². The van der Waals surface area contributed by atoms with Crippen LogP contribution in [-0.2, 0) is 5.88 Å². The summed E-state index contributed by atoms with van der Waals surface area (Å²) in [5.41, 5.74) is 0. The molecule has 0 spiro atoms. The van der Waals surface area contributed by atoms with E-state index in [9.17, 15) is 4.39 Å². The Labute approximate surface area is 108 Å². The molecule has 3 nitrogen and oxygen atoms in total. The molecule has 2 aromatic rings. The third-order valence-corrected chi connectivity index (χ3v) is 3.52. The molecule has 0 saturated carbocycles. The Balaban J connectivity index is 2.22. The molecule has 2 rings (SSSR count). The van der Waals surface area contributed by atoms with Crippen LogP contribution in [0, 0.1) is 5.82 Å². The van der Waals surface area contributed by atoms with Gasteiger partial charge < -0.3 is 4.74 Å². The topological polar surface area (TPSA) is 35.0 Å². The van der Waals surface area contributed by atoms with Crippen molar-refractivity contribution < 1.29 is 9.13 Å². The number of hydrogen-bond donors (Lipinski definition) is 0. The summed E-state index contributed by atoms with van der Waals surface area (Å²) in [5, 5.41) is 8.55. The molecule has 0 atom stereocenters. The number of benzene rings is 1. The van der Waals surface area contributed by atoms with Crippen molar-refractivity contribution in [2.24, 2.45) is 0 Å². The van der Waals surface area contributed by atoms with Gasteiger partial charge in [0.15, 0.2) is 0 Å². The lowest BCUT2D eigenvalue weighted by Gasteiger charge is -2.03. The average molecular weight is 324 g/mol. The molecule has 0 saturated heterocycles. The molecular weight excluding hydrogens is 319 g/mol. The third-order valence-electron chi connectivity index (χ3n) is 1.65. The van der Waals surface area contributed by atoms with Crippen LogP contribution >= 0.6 is 38.9 Å². The van der Waals surface area contributed by atoms with Gasteiger partial charge in [-0.05, 0) is 28.1 Å². The number of aromatic nitrogens is 2. The monoisotopic (exact) mass is 322 g/mol. The zero-order chi connectivity index (χ0) is 11.5. The molecule has 16 heavy (non-hydrogen) atoms. The summed E-state index contributed by atoms with van der Waals surface area (Å²) < 4.78 is 19.0. The van der Waals surface area contributed by atoms with Crippen molar-refractivity contribution >= 4 is 38.9 Å². The lowest BCUT2D eigenvalue weighted by atomic mass is 10.3. The van der Waals surface area contributed by atoms with Gasteiger partial charge >= 0.3 is 0 Å². The Bertz CT molecular complexity index is 508. The normalized spacial score (nSPS) is 10.4. The van der Waals surface area contributed by atoms with Gasteiger partial charge in [0.05, 0.1) is 10.4 Å². The highest BCUT2D eigenvalue weighted by atomic mass is 79.9. The van der Waals surface area contributed by atoms with E-state index in [2.05, 4.69) is 26.1 Å². The first kappa shape index (κ1) is 11.8. The quantitative estimate of drug-likeness (QED) is 0.802. The van der Waals surface area contributed by atoms with E-state index in [1.54, 1.807) is 6.07 Å². The van der Waals surface area contributed by atoms with Crippen LogP contribution in [0.2, 0.25) is 0 Å². The molecule has 84 valence electrons. The molecule has 1 heterocycles. The molecule has 0 bridgehead atoms. The molecule has 1 aromatic carbocycles. The van der Waals surface area contributed by atoms with E-state index in [0.717, 1.165) is 0 Å². The van der Waals surface area contributed by atoms with Crippen molar-refractivity contribution in [3.63, 3.8) is 0 Å². The Morgan fingerprint density at radius 1 is 1.44 bits per heavy atom. The number of ether oxygens (including phenoxy) is 1. The van der Waals surface area contributed by atoms with Crippen molar-refractivity contribution in [2.45, 2.75) is 5.88 Å². The fourth-order valence-electron chi connectivity index (χ4n) is 0.983. The molecule has 0 fully saturated rings. The zero-order valence-corrected chi connectivity index (χ0v) is 10.9. The molecular formula is C9H5BrClFN2OS. The van der Waals surface area contributed by atoms with Gasteiger partial charge in [0.1, 0.15) is 16.6 Å². The standard InChI is InChI=1S/C9H5BrClFN2OS/c10-6-2-1-5(12)3-7(6)15-9-14-13-8(4-11)16-9/h1-3H,4H2. The van der Waals surface area contributed by atoms with E-state index in [0.29, 0.717) is 20.4 Å². The van der Waals surface area contributed by atoms with Crippen LogP contribution in [0.15, 0.2) is 22.7 Å². The number of halogens is 3. The molecule has 7 heteroatoms. The van der Waals surface area contributed by atoms with Gasteiger partial charge in [0, 0.05) is 6.07 Å². The predicted octanol–water partition coefficient (Wildman–Crippen LogP) is 3.97. The minimum Gasteiger partial charge on any atom is -0.428 e. The summed E-state index contributed by atoms with van der Waals surface area (Å²) in [6.07, 6.45) is 0. The number of hydrogen-bond acceptors (Lipinski definition) is 4. The van der Waals surface area contributed by atoms with Gasteiger partial charge in [-0.1, -0.05) is 16.4 Å². The molecule has 0 N–H and O–H groups in total. The van der Waals surface area contributed by atoms with E-state index in [-0.39, 0.29) is 11.7 Å². The lowest BCUT2D eigenvalue weighted by molar-refractivity contribution is 0.465. The van der Waals surface area contributed by atoms with E-state index >= 15 is 0 Å². The molecule has 0 radical (unpaired) electrons. The van der Waals surface area contributed by atoms with Gasteiger partial charge in [-0.2, -0.15) is 0 Å². The van der Waals surface area contributed by atoms with E-state index in [1.165, 1.54) is 23.5 Å². The van der Waals surface area contributed by atoms with Crippen LogP contribution in [0.3, 0.4) is 0 Å². The summed E-state index contributed by atoms with van der Waals surface area (Å²) in [7, 11) is 0. The van der Waals surface area contributed by atoms with Crippen molar-refractivity contribution in [3.8, 4) is 10.9 Å². The Hall–Kier alpha value is -0.720. The summed E-state index contributed by atoms with van der Waals surface area (Å²) >= 11 is 10.1. The maximum atomic E-state index is 13.0. The SMILES string of the molecule is Fc1ccc(Br)c(Oc2nnc(CCl)s2)c1. The van der Waals surface area contributed by atoms with Crippen LogP contribution in [0.1, 0.15) is 5.01 Å². The van der Waals surface area contributed by atoms with Crippen LogP contribution < -0.4 is 4.74 Å². The van der Waals surface area contributed by atoms with Crippen molar-refractivity contribution in [1.82, 2.24) is 10.2 Å². The summed E-state index contributed by atoms with van der Waals surface area (Å²) in [6.45, 7) is 0. The fraction of sp³-hybridized carbons (Fsp3) is 0.111. The van der Waals surface area contributed by atoms with Crippen molar-refractivity contribution in [2.75, 3.05) is 0 Å². The van der Waals surface area contributed by atoms with Gasteiger partial charge in [0.2, 0.25) is 0 Å². The highest BCUT2D eigenvalue weighted by Crippen LogP contribution is 2.31. The molecule has 0 aliphatic rings. The third kappa shape index (κ3) is 2.69. The second-order valence-electron chi connectivity index (χ2n) is 2.77. The molecule has 0 aliphatic carbocycles. The first-order chi connectivity index (χ1) is 7.69. The summed E-state index contributed by atoms with van der Waals surface area (Å²) in [4.78, 5) is 0. The van der Waals surface area contributed by atoms with Gasteiger partial charge in [0.25, 0.3) is 5.19 Å². The Morgan fingerprint density at radius 3 is 2.94 bits per heavy atom. The highest BCUT2D eigenvalue weighted by Gasteiger charge is 2.08. The smallest absolute Gasteiger partial charge is 0.299 e. The van der Waals surface area contributed by atoms with Crippen LogP contribution in [0.4, 0.5) is 4.39 Å². The van der Waals surface area contributed by atoms with Gasteiger partial charge in [-0.25, -0.2) is 4.39 Å². The second kappa shape index (κ2) is 5.07. The molecule has 0 unspecified atom stereocenters. The minimum absolute atomic E-state index is 0.283. The maximum Gasteiger partial charge on any atom is 0.299 e. The highest BCUT2D eigenvalue weighted by molar-refractivity contribution is 9.10. The summed E-state index contributed by atoms with van der Waals surface area (Å²) in [5.74, 6) is 0.267. The molecule has 0 amide bonds. The largest absolute Gasteiger partial charge is 0.428 e. The molecule has 0 aliphatic heterocycles.